The van der Waals surface area contributed by atoms with E-state index in [4.69, 9.17) is 0 Å². The summed E-state index contributed by atoms with van der Waals surface area (Å²) in [6, 6.07) is 13.2. The number of imide groups is 1. The quantitative estimate of drug-likeness (QED) is 0.877. The highest BCUT2D eigenvalue weighted by atomic mass is 16.2. The Morgan fingerprint density at radius 1 is 1.16 bits per heavy atom. The lowest BCUT2D eigenvalue weighted by Crippen LogP contribution is -2.44. The van der Waals surface area contributed by atoms with Gasteiger partial charge in [0.05, 0.1) is 6.54 Å². The molecule has 3 amide bonds. The third kappa shape index (κ3) is 4.87. The molecule has 0 bridgehead atoms. The van der Waals surface area contributed by atoms with Gasteiger partial charge in [0.15, 0.2) is 0 Å². The minimum Gasteiger partial charge on any atom is -0.334 e. The van der Waals surface area contributed by atoms with E-state index in [1.165, 1.54) is 0 Å². The number of hydrogen-bond acceptors (Lipinski definition) is 4. The van der Waals surface area contributed by atoms with E-state index < -0.39 is 6.03 Å². The van der Waals surface area contributed by atoms with E-state index in [0.29, 0.717) is 6.54 Å². The van der Waals surface area contributed by atoms with Crippen LogP contribution in [0.1, 0.15) is 30.0 Å². The number of nitrogens with zero attached hydrogens (tertiary/aromatic N) is 2. The molecule has 1 aromatic carbocycles. The van der Waals surface area contributed by atoms with Crippen molar-refractivity contribution >= 4 is 11.9 Å². The van der Waals surface area contributed by atoms with Crippen molar-refractivity contribution in [2.75, 3.05) is 13.1 Å². The van der Waals surface area contributed by atoms with Crippen LogP contribution in [0, 0.1) is 0 Å². The van der Waals surface area contributed by atoms with Gasteiger partial charge in [-0.05, 0) is 36.6 Å². The second-order valence-corrected chi connectivity index (χ2v) is 6.13. The molecule has 3 rings (SSSR count). The van der Waals surface area contributed by atoms with Crippen molar-refractivity contribution in [3.8, 4) is 0 Å². The van der Waals surface area contributed by atoms with Gasteiger partial charge >= 0.3 is 6.03 Å². The number of rotatable bonds is 5. The minimum atomic E-state index is -0.467. The molecule has 1 saturated heterocycles. The molecule has 6 heteroatoms. The van der Waals surface area contributed by atoms with Crippen LogP contribution in [0.5, 0.6) is 0 Å². The first kappa shape index (κ1) is 17.1. The van der Waals surface area contributed by atoms with Crippen LogP contribution in [0.3, 0.4) is 0 Å². The molecule has 2 N–H and O–H groups in total. The van der Waals surface area contributed by atoms with Crippen LogP contribution in [0.25, 0.3) is 0 Å². The summed E-state index contributed by atoms with van der Waals surface area (Å²) in [5, 5.41) is 5.10. The van der Waals surface area contributed by atoms with E-state index in [2.05, 4.69) is 20.5 Å². The summed E-state index contributed by atoms with van der Waals surface area (Å²) in [6.07, 6.45) is 5.62. The number of likely N-dealkylation sites (tertiary alicyclic amines) is 1. The van der Waals surface area contributed by atoms with Gasteiger partial charge in [-0.25, -0.2) is 4.79 Å². The van der Waals surface area contributed by atoms with Crippen molar-refractivity contribution in [2.45, 2.75) is 25.4 Å². The molecule has 130 valence electrons. The van der Waals surface area contributed by atoms with Crippen LogP contribution in [0.2, 0.25) is 0 Å². The Balaban J connectivity index is 1.47. The maximum absolute atomic E-state index is 12.2. The number of amides is 3. The molecule has 2 aromatic rings. The third-order valence-corrected chi connectivity index (χ3v) is 4.33. The van der Waals surface area contributed by atoms with Crippen LogP contribution in [-0.2, 0) is 11.3 Å². The Morgan fingerprint density at radius 2 is 2.00 bits per heavy atom. The number of urea groups is 1. The predicted octanol–water partition coefficient (Wildman–Crippen LogP) is 2.24. The van der Waals surface area contributed by atoms with Crippen molar-refractivity contribution < 1.29 is 9.59 Å². The summed E-state index contributed by atoms with van der Waals surface area (Å²) in [7, 11) is 0. The Bertz CT molecular complexity index is 706. The standard InChI is InChI=1S/C19H22N4O2/c24-18(22-19(25)21-12-15-6-2-1-3-7-15)14-23-11-5-9-17(23)16-8-4-10-20-13-16/h1-4,6-8,10,13,17H,5,9,11-12,14H2,(H2,21,22,24,25)/t17-/m1/s1. The van der Waals surface area contributed by atoms with E-state index in [0.717, 1.165) is 30.5 Å². The molecule has 1 aliphatic rings. The Kier molecular flexibility index (Phi) is 5.74. The zero-order valence-corrected chi connectivity index (χ0v) is 14.0. The van der Waals surface area contributed by atoms with Crippen LogP contribution < -0.4 is 10.6 Å². The number of nitrogens with one attached hydrogen (secondary N) is 2. The van der Waals surface area contributed by atoms with E-state index in [1.807, 2.05) is 48.7 Å². The maximum atomic E-state index is 12.2. The fourth-order valence-corrected chi connectivity index (χ4v) is 3.14. The highest BCUT2D eigenvalue weighted by molar-refractivity contribution is 5.95. The van der Waals surface area contributed by atoms with Gasteiger partial charge in [0.1, 0.15) is 0 Å². The first-order chi connectivity index (χ1) is 12.2. The van der Waals surface area contributed by atoms with Crippen molar-refractivity contribution in [1.82, 2.24) is 20.5 Å². The average Bonchev–Trinajstić information content (AvgIpc) is 3.09. The number of pyridine rings is 1. The van der Waals surface area contributed by atoms with Gasteiger partial charge in [-0.1, -0.05) is 36.4 Å². The monoisotopic (exact) mass is 338 g/mol. The maximum Gasteiger partial charge on any atom is 0.321 e. The fraction of sp³-hybridized carbons (Fsp3) is 0.316. The van der Waals surface area contributed by atoms with Gasteiger partial charge in [0.2, 0.25) is 5.91 Å². The largest absolute Gasteiger partial charge is 0.334 e. The predicted molar refractivity (Wildman–Crippen MR) is 94.6 cm³/mol. The number of benzene rings is 1. The molecular weight excluding hydrogens is 316 g/mol. The highest BCUT2D eigenvalue weighted by Gasteiger charge is 2.27. The zero-order chi connectivity index (χ0) is 17.5. The summed E-state index contributed by atoms with van der Waals surface area (Å²) in [6.45, 7) is 1.44. The second-order valence-electron chi connectivity index (χ2n) is 6.13. The molecule has 1 atom stereocenters. The zero-order valence-electron chi connectivity index (χ0n) is 14.0. The summed E-state index contributed by atoms with van der Waals surface area (Å²) in [5.74, 6) is -0.290. The van der Waals surface area contributed by atoms with Crippen LogP contribution in [0.4, 0.5) is 4.79 Å². The van der Waals surface area contributed by atoms with Crippen molar-refractivity contribution in [3.63, 3.8) is 0 Å². The Morgan fingerprint density at radius 3 is 2.76 bits per heavy atom. The molecule has 0 radical (unpaired) electrons. The molecule has 1 aliphatic heterocycles. The molecule has 1 aromatic heterocycles. The van der Waals surface area contributed by atoms with E-state index in [9.17, 15) is 9.59 Å². The van der Waals surface area contributed by atoms with Gasteiger partial charge < -0.3 is 5.32 Å². The highest BCUT2D eigenvalue weighted by Crippen LogP contribution is 2.30. The molecular formula is C19H22N4O2. The van der Waals surface area contributed by atoms with Crippen LogP contribution in [-0.4, -0.2) is 34.9 Å². The van der Waals surface area contributed by atoms with Gasteiger partial charge in [-0.2, -0.15) is 0 Å². The second kappa shape index (κ2) is 8.39. The molecule has 0 saturated carbocycles. The number of carbonyl (C=O) groups excluding carboxylic acids is 2. The molecule has 2 heterocycles. The lowest BCUT2D eigenvalue weighted by atomic mass is 10.1. The van der Waals surface area contributed by atoms with Gasteiger partial charge in [0.25, 0.3) is 0 Å². The van der Waals surface area contributed by atoms with Gasteiger partial charge in [-0.3, -0.25) is 20.0 Å². The Hall–Kier alpha value is -2.73. The van der Waals surface area contributed by atoms with E-state index in [-0.39, 0.29) is 18.5 Å². The first-order valence-corrected chi connectivity index (χ1v) is 8.48. The van der Waals surface area contributed by atoms with Crippen molar-refractivity contribution in [2.24, 2.45) is 0 Å². The smallest absolute Gasteiger partial charge is 0.321 e. The fourth-order valence-electron chi connectivity index (χ4n) is 3.14. The van der Waals surface area contributed by atoms with Crippen LogP contribution in [0.15, 0.2) is 54.9 Å². The topological polar surface area (TPSA) is 74.3 Å². The summed E-state index contributed by atoms with van der Waals surface area (Å²) in [5.41, 5.74) is 2.10. The number of hydrogen-bond donors (Lipinski definition) is 2. The van der Waals surface area contributed by atoms with Crippen molar-refractivity contribution in [1.29, 1.82) is 0 Å². The number of aromatic nitrogens is 1. The van der Waals surface area contributed by atoms with Crippen molar-refractivity contribution in [3.05, 3.63) is 66.0 Å². The summed E-state index contributed by atoms with van der Waals surface area (Å²) in [4.78, 5) is 30.3. The van der Waals surface area contributed by atoms with E-state index in [1.54, 1.807) is 6.20 Å². The minimum absolute atomic E-state index is 0.187. The average molecular weight is 338 g/mol. The molecule has 0 aliphatic carbocycles. The van der Waals surface area contributed by atoms with Gasteiger partial charge in [-0.15, -0.1) is 0 Å². The summed E-state index contributed by atoms with van der Waals surface area (Å²) >= 11 is 0. The van der Waals surface area contributed by atoms with E-state index >= 15 is 0 Å². The molecule has 0 spiro atoms. The SMILES string of the molecule is O=C(CN1CCC[C@@H]1c1cccnc1)NC(=O)NCc1ccccc1. The Labute approximate surface area is 147 Å². The van der Waals surface area contributed by atoms with Crippen LogP contribution >= 0.6 is 0 Å². The van der Waals surface area contributed by atoms with Gasteiger partial charge in [0, 0.05) is 25.0 Å². The molecule has 1 fully saturated rings. The molecule has 6 nitrogen and oxygen atoms in total. The molecule has 0 unspecified atom stereocenters. The third-order valence-electron chi connectivity index (χ3n) is 4.33. The molecule has 25 heavy (non-hydrogen) atoms. The normalized spacial score (nSPS) is 17.2. The lowest BCUT2D eigenvalue weighted by molar-refractivity contribution is -0.121. The summed E-state index contributed by atoms with van der Waals surface area (Å²) < 4.78 is 0. The first-order valence-electron chi connectivity index (χ1n) is 8.48. The lowest BCUT2D eigenvalue weighted by Gasteiger charge is -2.23. The number of carbonyl (C=O) groups is 2.